The van der Waals surface area contributed by atoms with E-state index < -0.39 is 0 Å². The van der Waals surface area contributed by atoms with E-state index in [2.05, 4.69) is 52.7 Å². The zero-order valence-corrected chi connectivity index (χ0v) is 12.0. The Morgan fingerprint density at radius 3 is 2.62 bits per heavy atom. The average Bonchev–Trinajstić information content (AvgIpc) is 3.08. The van der Waals surface area contributed by atoms with Crippen molar-refractivity contribution in [3.63, 3.8) is 0 Å². The molecular formula is C17H18N4. The van der Waals surface area contributed by atoms with Crippen LogP contribution in [0.25, 0.3) is 5.69 Å². The topological polar surface area (TPSA) is 42.7 Å². The molecule has 1 aromatic carbocycles. The maximum atomic E-state index is 4.22. The van der Waals surface area contributed by atoms with Crippen molar-refractivity contribution in [1.82, 2.24) is 20.1 Å². The number of pyridine rings is 1. The Hall–Kier alpha value is -2.46. The third kappa shape index (κ3) is 3.35. The summed E-state index contributed by atoms with van der Waals surface area (Å²) < 4.78 is 1.86. The third-order valence-electron chi connectivity index (χ3n) is 3.50. The molecule has 0 aliphatic rings. The van der Waals surface area contributed by atoms with E-state index >= 15 is 0 Å². The van der Waals surface area contributed by atoms with Crippen LogP contribution in [0.2, 0.25) is 0 Å². The van der Waals surface area contributed by atoms with Gasteiger partial charge >= 0.3 is 0 Å². The highest BCUT2D eigenvalue weighted by Crippen LogP contribution is 2.12. The first kappa shape index (κ1) is 13.5. The quantitative estimate of drug-likeness (QED) is 0.779. The van der Waals surface area contributed by atoms with Gasteiger partial charge in [-0.3, -0.25) is 4.98 Å². The lowest BCUT2D eigenvalue weighted by Gasteiger charge is -2.14. The standard InChI is InChI=1S/C17H18N4/c1-14(16-4-2-9-18-13-16)19-12-15-5-7-17(8-6-15)21-11-3-10-20-21/h2-11,13-14,19H,12H2,1H3/t14-/m1/s1. The minimum Gasteiger partial charge on any atom is -0.306 e. The van der Waals surface area contributed by atoms with Crippen molar-refractivity contribution in [3.8, 4) is 5.69 Å². The molecule has 0 aliphatic carbocycles. The molecule has 2 heterocycles. The molecule has 1 N–H and O–H groups in total. The van der Waals surface area contributed by atoms with E-state index in [4.69, 9.17) is 0 Å². The second kappa shape index (κ2) is 6.33. The second-order valence-electron chi connectivity index (χ2n) is 5.01. The fraction of sp³-hybridized carbons (Fsp3) is 0.176. The largest absolute Gasteiger partial charge is 0.306 e. The minimum atomic E-state index is 0.282. The van der Waals surface area contributed by atoms with Gasteiger partial charge in [0, 0.05) is 37.4 Å². The van der Waals surface area contributed by atoms with Crippen molar-refractivity contribution in [3.05, 3.63) is 78.4 Å². The smallest absolute Gasteiger partial charge is 0.0645 e. The summed E-state index contributed by atoms with van der Waals surface area (Å²) >= 11 is 0. The van der Waals surface area contributed by atoms with Crippen molar-refractivity contribution >= 4 is 0 Å². The Balaban J connectivity index is 1.61. The van der Waals surface area contributed by atoms with Gasteiger partial charge in [0.15, 0.2) is 0 Å². The van der Waals surface area contributed by atoms with E-state index in [-0.39, 0.29) is 6.04 Å². The molecule has 0 unspecified atom stereocenters. The molecule has 4 nitrogen and oxygen atoms in total. The van der Waals surface area contributed by atoms with Gasteiger partial charge in [0.2, 0.25) is 0 Å². The Kier molecular flexibility index (Phi) is 4.07. The summed E-state index contributed by atoms with van der Waals surface area (Å²) in [5.41, 5.74) is 3.52. The van der Waals surface area contributed by atoms with Crippen LogP contribution >= 0.6 is 0 Å². The van der Waals surface area contributed by atoms with Gasteiger partial charge in [-0.1, -0.05) is 18.2 Å². The van der Waals surface area contributed by atoms with Crippen LogP contribution in [0.1, 0.15) is 24.1 Å². The molecule has 0 fully saturated rings. The Bertz CT molecular complexity index is 660. The normalized spacial score (nSPS) is 12.2. The molecular weight excluding hydrogens is 260 g/mol. The van der Waals surface area contributed by atoms with Crippen LogP contribution in [0.4, 0.5) is 0 Å². The van der Waals surface area contributed by atoms with E-state index in [0.717, 1.165) is 12.2 Å². The molecule has 0 aliphatic heterocycles. The molecule has 0 saturated carbocycles. The van der Waals surface area contributed by atoms with Crippen molar-refractivity contribution < 1.29 is 0 Å². The number of aromatic nitrogens is 3. The summed E-state index contributed by atoms with van der Waals surface area (Å²) in [5.74, 6) is 0. The number of rotatable bonds is 5. The van der Waals surface area contributed by atoms with Crippen LogP contribution in [0.15, 0.2) is 67.3 Å². The summed E-state index contributed by atoms with van der Waals surface area (Å²) in [6, 6.07) is 14.7. The molecule has 21 heavy (non-hydrogen) atoms. The SMILES string of the molecule is C[C@@H](NCc1ccc(-n2cccn2)cc1)c1cccnc1. The Labute approximate surface area is 124 Å². The van der Waals surface area contributed by atoms with Gasteiger partial charge in [0.25, 0.3) is 0 Å². The third-order valence-corrected chi connectivity index (χ3v) is 3.50. The molecule has 0 radical (unpaired) electrons. The van der Waals surface area contributed by atoms with Gasteiger partial charge in [-0.2, -0.15) is 5.10 Å². The highest BCUT2D eigenvalue weighted by atomic mass is 15.3. The van der Waals surface area contributed by atoms with Crippen LogP contribution in [-0.4, -0.2) is 14.8 Å². The van der Waals surface area contributed by atoms with Crippen LogP contribution in [0, 0.1) is 0 Å². The fourth-order valence-corrected chi connectivity index (χ4v) is 2.21. The van der Waals surface area contributed by atoms with Gasteiger partial charge in [-0.25, -0.2) is 4.68 Å². The predicted molar refractivity (Wildman–Crippen MR) is 83.1 cm³/mol. The van der Waals surface area contributed by atoms with Gasteiger partial charge < -0.3 is 5.32 Å². The summed E-state index contributed by atoms with van der Waals surface area (Å²) in [6.07, 6.45) is 7.42. The second-order valence-corrected chi connectivity index (χ2v) is 5.01. The van der Waals surface area contributed by atoms with Crippen molar-refractivity contribution in [1.29, 1.82) is 0 Å². The lowest BCUT2D eigenvalue weighted by Crippen LogP contribution is -2.18. The Morgan fingerprint density at radius 1 is 1.10 bits per heavy atom. The number of hydrogen-bond acceptors (Lipinski definition) is 3. The monoisotopic (exact) mass is 278 g/mol. The first-order valence-corrected chi connectivity index (χ1v) is 7.05. The Morgan fingerprint density at radius 2 is 1.95 bits per heavy atom. The summed E-state index contributed by atoms with van der Waals surface area (Å²) in [4.78, 5) is 4.15. The average molecular weight is 278 g/mol. The summed E-state index contributed by atoms with van der Waals surface area (Å²) in [7, 11) is 0. The fourth-order valence-electron chi connectivity index (χ4n) is 2.21. The number of hydrogen-bond donors (Lipinski definition) is 1. The van der Waals surface area contributed by atoms with Gasteiger partial charge in [-0.05, 0) is 42.3 Å². The van der Waals surface area contributed by atoms with E-state index in [1.807, 2.05) is 29.2 Å². The lowest BCUT2D eigenvalue weighted by atomic mass is 10.1. The van der Waals surface area contributed by atoms with Gasteiger partial charge in [0.05, 0.1) is 5.69 Å². The molecule has 3 rings (SSSR count). The number of benzene rings is 1. The molecule has 0 amide bonds. The van der Waals surface area contributed by atoms with Crippen molar-refractivity contribution in [2.75, 3.05) is 0 Å². The van der Waals surface area contributed by atoms with E-state index in [0.29, 0.717) is 0 Å². The summed E-state index contributed by atoms with van der Waals surface area (Å²) in [6.45, 7) is 2.98. The zero-order chi connectivity index (χ0) is 14.5. The maximum Gasteiger partial charge on any atom is 0.0645 e. The first-order valence-electron chi connectivity index (χ1n) is 7.05. The van der Waals surface area contributed by atoms with Crippen LogP contribution < -0.4 is 5.32 Å². The molecule has 106 valence electrons. The van der Waals surface area contributed by atoms with E-state index in [1.54, 1.807) is 12.4 Å². The molecule has 1 atom stereocenters. The molecule has 0 saturated heterocycles. The van der Waals surface area contributed by atoms with E-state index in [9.17, 15) is 0 Å². The molecule has 3 aromatic rings. The van der Waals surface area contributed by atoms with Gasteiger partial charge in [-0.15, -0.1) is 0 Å². The van der Waals surface area contributed by atoms with Crippen molar-refractivity contribution in [2.45, 2.75) is 19.5 Å². The highest BCUT2D eigenvalue weighted by Gasteiger charge is 2.04. The van der Waals surface area contributed by atoms with Crippen LogP contribution in [0.5, 0.6) is 0 Å². The number of nitrogens with zero attached hydrogens (tertiary/aromatic N) is 3. The van der Waals surface area contributed by atoms with E-state index in [1.165, 1.54) is 11.1 Å². The minimum absolute atomic E-state index is 0.282. The molecule has 0 bridgehead atoms. The summed E-state index contributed by atoms with van der Waals surface area (Å²) in [5, 5.41) is 7.73. The van der Waals surface area contributed by atoms with Crippen molar-refractivity contribution in [2.24, 2.45) is 0 Å². The van der Waals surface area contributed by atoms with Gasteiger partial charge in [0.1, 0.15) is 0 Å². The molecule has 4 heteroatoms. The maximum absolute atomic E-state index is 4.22. The lowest BCUT2D eigenvalue weighted by molar-refractivity contribution is 0.573. The molecule has 0 spiro atoms. The highest BCUT2D eigenvalue weighted by molar-refractivity contribution is 5.33. The zero-order valence-electron chi connectivity index (χ0n) is 12.0. The van der Waals surface area contributed by atoms with Crippen LogP contribution in [-0.2, 0) is 6.54 Å². The first-order chi connectivity index (χ1) is 10.3. The number of nitrogens with one attached hydrogen (secondary N) is 1. The molecule has 2 aromatic heterocycles. The van der Waals surface area contributed by atoms with Crippen LogP contribution in [0.3, 0.4) is 0 Å². The predicted octanol–water partition coefficient (Wildman–Crippen LogP) is 3.12.